The van der Waals surface area contributed by atoms with Crippen LogP contribution in [0.3, 0.4) is 0 Å². The molecule has 0 heterocycles. The Hall–Kier alpha value is -3.13. The molecule has 0 aromatic heterocycles. The molecule has 0 saturated carbocycles. The van der Waals surface area contributed by atoms with Crippen LogP contribution in [0.25, 0.3) is 0 Å². The maximum Gasteiger partial charge on any atom is 0.416 e. The van der Waals surface area contributed by atoms with Crippen molar-refractivity contribution in [2.75, 3.05) is 5.32 Å². The van der Waals surface area contributed by atoms with E-state index in [2.05, 4.69) is 11.9 Å². The van der Waals surface area contributed by atoms with Gasteiger partial charge in [0.1, 0.15) is 0 Å². The number of rotatable bonds is 5. The molecule has 2 aromatic rings. The number of halogens is 3. The van der Waals surface area contributed by atoms with Crippen molar-refractivity contribution in [1.29, 1.82) is 0 Å². The normalized spacial score (nSPS) is 10.9. The molecule has 0 bridgehead atoms. The van der Waals surface area contributed by atoms with Crippen LogP contribution < -0.4 is 16.6 Å². The minimum atomic E-state index is -4.46. The minimum Gasteiger partial charge on any atom is -0.354 e. The van der Waals surface area contributed by atoms with Gasteiger partial charge in [0, 0.05) is 11.3 Å². The molecule has 25 heavy (non-hydrogen) atoms. The Bertz CT molecular complexity index is 815. The number of anilines is 2. The van der Waals surface area contributed by atoms with Gasteiger partial charge >= 0.3 is 6.18 Å². The van der Waals surface area contributed by atoms with Crippen molar-refractivity contribution >= 4 is 23.1 Å². The molecule has 0 spiro atoms. The number of nitrogen functional groups attached to an aromatic ring is 1. The maximum atomic E-state index is 12.6. The van der Waals surface area contributed by atoms with Crippen LogP contribution in [-0.2, 0) is 6.18 Å². The van der Waals surface area contributed by atoms with Gasteiger partial charge in [-0.25, -0.2) is 5.84 Å². The molecule has 4 N–H and O–H groups in total. The molecular formula is C17H14F3N3O2. The second-order valence-electron chi connectivity index (χ2n) is 4.97. The number of hydrazine groups is 1. The fourth-order valence-corrected chi connectivity index (χ4v) is 2.16. The molecular weight excluding hydrogens is 335 g/mol. The fraction of sp³-hybridized carbons (Fsp3) is 0.0588. The number of hydrogen-bond acceptors (Lipinski definition) is 4. The zero-order valence-electron chi connectivity index (χ0n) is 12.9. The largest absolute Gasteiger partial charge is 0.416 e. The standard InChI is InChI=1S/C17H14F3N3O2/c1-2-14(24)12-4-3-5-13(16(25)23-21)15(12)22-11-8-6-10(7-9-11)17(18,19)20/h2-9,22H,1,21H2,(H,23,25). The van der Waals surface area contributed by atoms with Crippen LogP contribution in [0.1, 0.15) is 26.3 Å². The Balaban J connectivity index is 2.48. The number of carbonyl (C=O) groups excluding carboxylic acids is 2. The minimum absolute atomic E-state index is 0.0649. The van der Waals surface area contributed by atoms with Crippen LogP contribution in [0.15, 0.2) is 55.1 Å². The molecule has 0 atom stereocenters. The van der Waals surface area contributed by atoms with Crippen molar-refractivity contribution in [3.05, 3.63) is 71.8 Å². The van der Waals surface area contributed by atoms with Crippen LogP contribution in [0.2, 0.25) is 0 Å². The van der Waals surface area contributed by atoms with E-state index in [0.717, 1.165) is 18.2 Å². The maximum absolute atomic E-state index is 12.6. The molecule has 0 fully saturated rings. The van der Waals surface area contributed by atoms with Gasteiger partial charge in [0.05, 0.1) is 16.8 Å². The highest BCUT2D eigenvalue weighted by atomic mass is 19.4. The van der Waals surface area contributed by atoms with E-state index in [9.17, 15) is 22.8 Å². The summed E-state index contributed by atoms with van der Waals surface area (Å²) in [6.45, 7) is 3.39. The predicted octanol–water partition coefficient (Wildman–Crippen LogP) is 3.42. The Morgan fingerprint density at radius 2 is 1.64 bits per heavy atom. The summed E-state index contributed by atoms with van der Waals surface area (Å²) in [5, 5.41) is 2.80. The molecule has 2 rings (SSSR count). The highest BCUT2D eigenvalue weighted by Gasteiger charge is 2.30. The summed E-state index contributed by atoms with van der Waals surface area (Å²) >= 11 is 0. The number of benzene rings is 2. The lowest BCUT2D eigenvalue weighted by molar-refractivity contribution is -0.137. The Morgan fingerprint density at radius 1 is 1.04 bits per heavy atom. The predicted molar refractivity (Wildman–Crippen MR) is 87.3 cm³/mol. The summed E-state index contributed by atoms with van der Waals surface area (Å²) in [7, 11) is 0. The molecule has 0 radical (unpaired) electrons. The number of ketones is 1. The molecule has 0 aliphatic heterocycles. The Labute approximate surface area is 141 Å². The van der Waals surface area contributed by atoms with Crippen molar-refractivity contribution in [3.8, 4) is 0 Å². The Kier molecular flexibility index (Phi) is 5.23. The van der Waals surface area contributed by atoms with Gasteiger partial charge < -0.3 is 5.32 Å². The number of para-hydroxylation sites is 1. The first kappa shape index (κ1) is 18.2. The van der Waals surface area contributed by atoms with E-state index in [0.29, 0.717) is 0 Å². The summed E-state index contributed by atoms with van der Waals surface area (Å²) in [4.78, 5) is 23.9. The smallest absolute Gasteiger partial charge is 0.354 e. The van der Waals surface area contributed by atoms with Crippen LogP contribution in [-0.4, -0.2) is 11.7 Å². The van der Waals surface area contributed by atoms with Crippen molar-refractivity contribution in [1.82, 2.24) is 5.43 Å². The lowest BCUT2D eigenvalue weighted by Gasteiger charge is -2.15. The van der Waals surface area contributed by atoms with Gasteiger partial charge in [-0.3, -0.25) is 15.0 Å². The van der Waals surface area contributed by atoms with Gasteiger partial charge in [0.15, 0.2) is 5.78 Å². The topological polar surface area (TPSA) is 84.2 Å². The van der Waals surface area contributed by atoms with Gasteiger partial charge in [-0.1, -0.05) is 12.6 Å². The number of alkyl halides is 3. The van der Waals surface area contributed by atoms with E-state index < -0.39 is 23.4 Å². The third kappa shape index (κ3) is 4.04. The number of nitrogens with two attached hydrogens (primary N) is 1. The molecule has 0 saturated heterocycles. The average Bonchev–Trinajstić information content (AvgIpc) is 2.60. The molecule has 0 unspecified atom stereocenters. The van der Waals surface area contributed by atoms with Crippen molar-refractivity contribution in [2.24, 2.45) is 5.84 Å². The monoisotopic (exact) mass is 349 g/mol. The van der Waals surface area contributed by atoms with Gasteiger partial charge in [0.25, 0.3) is 5.91 Å². The van der Waals surface area contributed by atoms with E-state index in [1.165, 1.54) is 30.3 Å². The summed E-state index contributed by atoms with van der Waals surface area (Å²) in [6, 6.07) is 8.55. The van der Waals surface area contributed by atoms with Crippen LogP contribution in [0.4, 0.5) is 24.5 Å². The molecule has 0 aliphatic rings. The molecule has 5 nitrogen and oxygen atoms in total. The summed E-state index contributed by atoms with van der Waals surface area (Å²) in [5.41, 5.74) is 1.73. The third-order valence-electron chi connectivity index (χ3n) is 3.37. The first-order valence-electron chi connectivity index (χ1n) is 7.03. The van der Waals surface area contributed by atoms with Crippen molar-refractivity contribution in [3.63, 3.8) is 0 Å². The van der Waals surface area contributed by atoms with E-state index in [-0.39, 0.29) is 22.5 Å². The van der Waals surface area contributed by atoms with Crippen molar-refractivity contribution < 1.29 is 22.8 Å². The molecule has 8 heteroatoms. The summed E-state index contributed by atoms with van der Waals surface area (Å²) < 4.78 is 37.9. The number of amides is 1. The first-order chi connectivity index (χ1) is 11.8. The second-order valence-corrected chi connectivity index (χ2v) is 4.97. The van der Waals surface area contributed by atoms with Gasteiger partial charge in [0.2, 0.25) is 0 Å². The van der Waals surface area contributed by atoms with Gasteiger partial charge in [-0.2, -0.15) is 13.2 Å². The quantitative estimate of drug-likeness (QED) is 0.254. The molecule has 130 valence electrons. The number of nitrogens with one attached hydrogen (secondary N) is 2. The van der Waals surface area contributed by atoms with Gasteiger partial charge in [-0.15, -0.1) is 0 Å². The fourth-order valence-electron chi connectivity index (χ4n) is 2.16. The number of carbonyl (C=O) groups is 2. The van der Waals surface area contributed by atoms with E-state index >= 15 is 0 Å². The zero-order chi connectivity index (χ0) is 18.6. The lowest BCUT2D eigenvalue weighted by Crippen LogP contribution is -2.30. The third-order valence-corrected chi connectivity index (χ3v) is 3.37. The van der Waals surface area contributed by atoms with Gasteiger partial charge in [-0.05, 0) is 42.5 Å². The first-order valence-corrected chi connectivity index (χ1v) is 7.03. The lowest BCUT2D eigenvalue weighted by atomic mass is 10.0. The number of hydrogen-bond donors (Lipinski definition) is 3. The molecule has 2 aromatic carbocycles. The summed E-state index contributed by atoms with van der Waals surface area (Å²) in [5.74, 6) is 4.02. The van der Waals surface area contributed by atoms with Crippen LogP contribution in [0.5, 0.6) is 0 Å². The molecule has 0 aliphatic carbocycles. The zero-order valence-corrected chi connectivity index (χ0v) is 12.9. The van der Waals surface area contributed by atoms with E-state index in [4.69, 9.17) is 5.84 Å². The highest BCUT2D eigenvalue weighted by Crippen LogP contribution is 2.31. The molecule has 1 amide bonds. The second kappa shape index (κ2) is 7.18. The number of allylic oxidation sites excluding steroid dienone is 1. The SMILES string of the molecule is C=CC(=O)c1cccc(C(=O)NN)c1Nc1ccc(C(F)(F)F)cc1. The summed E-state index contributed by atoms with van der Waals surface area (Å²) in [6.07, 6.45) is -3.39. The average molecular weight is 349 g/mol. The van der Waals surface area contributed by atoms with E-state index in [1.807, 2.05) is 5.43 Å². The Morgan fingerprint density at radius 3 is 2.16 bits per heavy atom. The van der Waals surface area contributed by atoms with E-state index in [1.54, 1.807) is 0 Å². The highest BCUT2D eigenvalue weighted by molar-refractivity contribution is 6.13. The van der Waals surface area contributed by atoms with Crippen LogP contribution >= 0.6 is 0 Å². The van der Waals surface area contributed by atoms with Crippen molar-refractivity contribution in [2.45, 2.75) is 6.18 Å². The van der Waals surface area contributed by atoms with Crippen LogP contribution in [0, 0.1) is 0 Å².